The molecule has 4 rings (SSSR count). The van der Waals surface area contributed by atoms with Crippen molar-refractivity contribution in [2.45, 2.75) is 94.5 Å². The summed E-state index contributed by atoms with van der Waals surface area (Å²) in [7, 11) is 0. The van der Waals surface area contributed by atoms with Gasteiger partial charge in [-0.3, -0.25) is 0 Å². The SMILES string of the molecule is CCCC[C](CCCC)(CCCC)[Sn][c]1cn(C(c2ccccc2)(c2ccccc2)c2ccccc2)c(C)n1. The fourth-order valence-electron chi connectivity index (χ4n) is 6.21. The van der Waals surface area contributed by atoms with Gasteiger partial charge in [0.25, 0.3) is 0 Å². The zero-order valence-corrected chi connectivity index (χ0v) is 27.4. The van der Waals surface area contributed by atoms with Crippen LogP contribution in [0.2, 0.25) is 3.43 Å². The number of rotatable bonds is 15. The normalized spacial score (nSPS) is 12.1. The molecule has 0 aliphatic heterocycles. The van der Waals surface area contributed by atoms with Gasteiger partial charge in [0.05, 0.1) is 0 Å². The van der Waals surface area contributed by atoms with E-state index in [4.69, 9.17) is 4.98 Å². The molecule has 0 saturated heterocycles. The Labute approximate surface area is 247 Å². The predicted molar refractivity (Wildman–Crippen MR) is 168 cm³/mol. The molecule has 0 saturated carbocycles. The molecular weight excluding hydrogens is 579 g/mol. The fourth-order valence-corrected chi connectivity index (χ4v) is 11.5. The molecule has 2 radical (unpaired) electrons. The van der Waals surface area contributed by atoms with E-state index in [1.54, 1.807) is 0 Å². The van der Waals surface area contributed by atoms with Crippen molar-refractivity contribution in [2.24, 2.45) is 0 Å². The number of imidazole rings is 1. The molecule has 2 nitrogen and oxygen atoms in total. The Hall–Kier alpha value is -2.33. The van der Waals surface area contributed by atoms with Crippen molar-refractivity contribution >= 4 is 24.9 Å². The first-order valence-corrected chi connectivity index (χ1v) is 18.0. The fraction of sp³-hybridized carbons (Fsp3) is 0.417. The number of aryl methyl sites for hydroxylation is 1. The zero-order valence-electron chi connectivity index (χ0n) is 24.5. The number of hydrogen-bond acceptors (Lipinski definition) is 1. The van der Waals surface area contributed by atoms with E-state index in [9.17, 15) is 0 Å². The molecule has 0 atom stereocenters. The number of hydrogen-bond donors (Lipinski definition) is 0. The van der Waals surface area contributed by atoms with Crippen molar-refractivity contribution in [3.8, 4) is 0 Å². The number of benzene rings is 3. The van der Waals surface area contributed by atoms with Crippen LogP contribution in [-0.4, -0.2) is 30.7 Å². The van der Waals surface area contributed by atoms with Gasteiger partial charge >= 0.3 is 249 Å². The van der Waals surface area contributed by atoms with Crippen molar-refractivity contribution in [1.82, 2.24) is 9.55 Å². The monoisotopic (exact) mass is 626 g/mol. The molecule has 0 bridgehead atoms. The molecule has 1 heterocycles. The van der Waals surface area contributed by atoms with Crippen molar-refractivity contribution in [2.75, 3.05) is 0 Å². The molecule has 204 valence electrons. The molecule has 0 amide bonds. The molecule has 39 heavy (non-hydrogen) atoms. The van der Waals surface area contributed by atoms with Gasteiger partial charge in [0.2, 0.25) is 0 Å². The second-order valence-corrected chi connectivity index (χ2v) is 16.3. The first kappa shape index (κ1) is 29.6. The Morgan fingerprint density at radius 1 is 0.615 bits per heavy atom. The van der Waals surface area contributed by atoms with Crippen molar-refractivity contribution in [3.63, 3.8) is 0 Å². The van der Waals surface area contributed by atoms with E-state index in [0.29, 0.717) is 3.43 Å². The van der Waals surface area contributed by atoms with Crippen LogP contribution in [0.4, 0.5) is 0 Å². The Morgan fingerprint density at radius 3 is 1.36 bits per heavy atom. The van der Waals surface area contributed by atoms with Crippen LogP contribution >= 0.6 is 0 Å². The summed E-state index contributed by atoms with van der Waals surface area (Å²) in [5.41, 5.74) is 3.34. The number of unbranched alkanes of at least 4 members (excludes halogenated alkanes) is 3. The van der Waals surface area contributed by atoms with Crippen LogP contribution in [0.15, 0.2) is 97.2 Å². The molecular formula is C36H46N2Sn. The Bertz CT molecular complexity index is 1130. The van der Waals surface area contributed by atoms with Gasteiger partial charge in [-0.25, -0.2) is 0 Å². The van der Waals surface area contributed by atoms with Gasteiger partial charge in [0.15, 0.2) is 0 Å². The van der Waals surface area contributed by atoms with Gasteiger partial charge in [-0.05, 0) is 0 Å². The van der Waals surface area contributed by atoms with Gasteiger partial charge in [0.1, 0.15) is 0 Å². The summed E-state index contributed by atoms with van der Waals surface area (Å²) < 4.78 is 4.42. The van der Waals surface area contributed by atoms with Gasteiger partial charge in [0, 0.05) is 0 Å². The summed E-state index contributed by atoms with van der Waals surface area (Å²) in [4.78, 5) is 5.40. The summed E-state index contributed by atoms with van der Waals surface area (Å²) in [6, 6.07) is 33.1. The second kappa shape index (κ2) is 14.3. The Morgan fingerprint density at radius 2 is 1.00 bits per heavy atom. The van der Waals surface area contributed by atoms with E-state index in [2.05, 4.69) is 129 Å². The minimum absolute atomic E-state index is 0.475. The second-order valence-electron chi connectivity index (χ2n) is 11.1. The van der Waals surface area contributed by atoms with Crippen molar-refractivity contribution in [3.05, 3.63) is 120 Å². The summed E-state index contributed by atoms with van der Waals surface area (Å²) in [6.45, 7) is 9.27. The van der Waals surface area contributed by atoms with Crippen LogP contribution in [0.3, 0.4) is 0 Å². The maximum atomic E-state index is 5.40. The van der Waals surface area contributed by atoms with Crippen LogP contribution in [0.1, 0.15) is 101 Å². The van der Waals surface area contributed by atoms with Crippen molar-refractivity contribution < 1.29 is 0 Å². The maximum absolute atomic E-state index is 5.40. The van der Waals surface area contributed by atoms with Gasteiger partial charge in [-0.1, -0.05) is 0 Å². The standard InChI is InChI=1S/C23H19N2.C13H27.Sn/c1-19-24-17-18-25(19)23(20-11-5-2-6-12-20,21-13-7-3-8-14-21)22-15-9-4-10-16-22;1-4-7-10-13(11-8-5-2)12-9-6-3;/h2-16,18H,1H3;4-12H2,1-3H3;. The van der Waals surface area contributed by atoms with E-state index < -0.39 is 26.7 Å². The quantitative estimate of drug-likeness (QED) is 0.0952. The van der Waals surface area contributed by atoms with Crippen LogP contribution < -0.4 is 3.71 Å². The van der Waals surface area contributed by atoms with E-state index in [1.807, 2.05) is 0 Å². The van der Waals surface area contributed by atoms with E-state index >= 15 is 0 Å². The third kappa shape index (κ3) is 6.70. The molecule has 0 fully saturated rings. The van der Waals surface area contributed by atoms with Crippen molar-refractivity contribution in [1.29, 1.82) is 0 Å². The molecule has 4 aromatic rings. The summed E-state index contributed by atoms with van der Waals surface area (Å²) >= 11 is -0.967. The van der Waals surface area contributed by atoms with E-state index in [0.717, 1.165) is 5.82 Å². The first-order valence-electron chi connectivity index (χ1n) is 15.1. The molecule has 1 aromatic heterocycles. The van der Waals surface area contributed by atoms with Gasteiger partial charge in [-0.15, -0.1) is 0 Å². The zero-order chi connectivity index (χ0) is 27.6. The average Bonchev–Trinajstić information content (AvgIpc) is 3.35. The predicted octanol–water partition coefficient (Wildman–Crippen LogP) is 9.09. The van der Waals surface area contributed by atoms with Crippen LogP contribution in [0.25, 0.3) is 0 Å². The summed E-state index contributed by atoms with van der Waals surface area (Å²) in [6.07, 6.45) is 14.5. The van der Waals surface area contributed by atoms with Crippen LogP contribution in [0.5, 0.6) is 0 Å². The van der Waals surface area contributed by atoms with Gasteiger partial charge in [-0.2, -0.15) is 0 Å². The van der Waals surface area contributed by atoms with Crippen LogP contribution in [0, 0.1) is 6.92 Å². The molecule has 0 aliphatic rings. The minimum atomic E-state index is -0.967. The third-order valence-corrected chi connectivity index (χ3v) is 13.3. The van der Waals surface area contributed by atoms with Crippen LogP contribution in [-0.2, 0) is 5.54 Å². The molecule has 3 aromatic carbocycles. The molecule has 3 heteroatoms. The van der Waals surface area contributed by atoms with E-state index in [1.165, 1.54) is 78.2 Å². The number of aromatic nitrogens is 2. The Kier molecular flexibility index (Phi) is 10.9. The Balaban J connectivity index is 1.90. The van der Waals surface area contributed by atoms with Gasteiger partial charge < -0.3 is 0 Å². The number of nitrogens with zero attached hydrogens (tertiary/aromatic N) is 2. The molecule has 0 N–H and O–H groups in total. The topological polar surface area (TPSA) is 17.8 Å². The molecule has 0 unspecified atom stereocenters. The summed E-state index contributed by atoms with van der Waals surface area (Å²) in [5.74, 6) is 1.11. The molecule has 0 aliphatic carbocycles. The summed E-state index contributed by atoms with van der Waals surface area (Å²) in [5, 5.41) is 0. The average molecular weight is 625 g/mol. The first-order chi connectivity index (χ1) is 19.1. The van der Waals surface area contributed by atoms with E-state index in [-0.39, 0.29) is 0 Å². The molecule has 0 spiro atoms. The third-order valence-electron chi connectivity index (χ3n) is 8.24.